The first-order valence-electron chi connectivity index (χ1n) is 17.5. The maximum Gasteiger partial charge on any atom is 0.419 e. The van der Waals surface area contributed by atoms with Gasteiger partial charge in [0.05, 0.1) is 48.7 Å². The van der Waals surface area contributed by atoms with E-state index < -0.39 is 41.2 Å². The number of hydrogen-bond donors (Lipinski definition) is 5. The summed E-state index contributed by atoms with van der Waals surface area (Å²) < 4.78 is 59.3. The maximum absolute atomic E-state index is 14.5. The van der Waals surface area contributed by atoms with Crippen LogP contribution in [0.3, 0.4) is 0 Å². The van der Waals surface area contributed by atoms with Crippen molar-refractivity contribution in [3.8, 4) is 34.1 Å². The third kappa shape index (κ3) is 8.42. The van der Waals surface area contributed by atoms with E-state index >= 15 is 0 Å². The van der Waals surface area contributed by atoms with E-state index in [1.54, 1.807) is 7.11 Å². The van der Waals surface area contributed by atoms with Crippen molar-refractivity contribution in [1.29, 1.82) is 0 Å². The van der Waals surface area contributed by atoms with Gasteiger partial charge in [-0.2, -0.15) is 18.2 Å². The second-order valence-electron chi connectivity index (χ2n) is 13.9. The normalized spacial score (nSPS) is 19.9. The van der Waals surface area contributed by atoms with Crippen LogP contribution in [0, 0.1) is 0 Å². The summed E-state index contributed by atoms with van der Waals surface area (Å²) in [6.07, 6.45) is -2.33. The highest BCUT2D eigenvalue weighted by Gasteiger charge is 2.39. The molecule has 2 aromatic carbocycles. The van der Waals surface area contributed by atoms with Crippen molar-refractivity contribution in [2.24, 2.45) is 0 Å². The number of carbonyl (C=O) groups is 1. The molecule has 0 amide bonds. The minimum Gasteiger partial charge on any atom is -0.481 e. The third-order valence-corrected chi connectivity index (χ3v) is 10.4. The monoisotopic (exact) mass is 769 g/mol. The standard InChI is InChI=1S/C39H43ClF3N5O6/c1-38(51)16-23(17-38)44-18-21-11-13-31(47-35(21)53-3)28-10-6-9-27(33(28)40)24-7-5-8-26-25(24)12-14-30(26)46-34-29(39(41,42)43)15-22(36(48-34)54-4)19-45-32(20-52-2)37(49)50/h5-11,13,15,23,30,32,44-45,51H,12,14,16-20H2,1-4H3,(H,46,48)(H,49,50)/t23?,30-,32-,38?/m0/s1. The molecule has 2 heterocycles. The van der Waals surface area contributed by atoms with E-state index in [9.17, 15) is 28.2 Å². The number of aliphatic hydroxyl groups is 1. The fraction of sp³-hybridized carbons (Fsp3) is 0.410. The summed E-state index contributed by atoms with van der Waals surface area (Å²) in [5.74, 6) is -1.21. The summed E-state index contributed by atoms with van der Waals surface area (Å²) in [4.78, 5) is 20.6. The first-order valence-corrected chi connectivity index (χ1v) is 17.9. The number of fused-ring (bicyclic) bond motifs is 1. The highest BCUT2D eigenvalue weighted by Crippen LogP contribution is 2.45. The number of ether oxygens (including phenoxy) is 3. The van der Waals surface area contributed by atoms with Gasteiger partial charge in [-0.1, -0.05) is 54.1 Å². The van der Waals surface area contributed by atoms with Crippen LogP contribution in [0.4, 0.5) is 19.0 Å². The summed E-state index contributed by atoms with van der Waals surface area (Å²) in [7, 11) is 4.19. The van der Waals surface area contributed by atoms with Gasteiger partial charge in [-0.15, -0.1) is 0 Å². The smallest absolute Gasteiger partial charge is 0.419 e. The Morgan fingerprint density at radius 1 is 0.981 bits per heavy atom. The predicted octanol–water partition coefficient (Wildman–Crippen LogP) is 6.79. The first kappa shape index (κ1) is 39.2. The van der Waals surface area contributed by atoms with E-state index in [-0.39, 0.29) is 30.6 Å². The Morgan fingerprint density at radius 3 is 2.33 bits per heavy atom. The second-order valence-corrected chi connectivity index (χ2v) is 14.3. The minimum absolute atomic E-state index is 0.0450. The SMILES string of the molecule is COC[C@H](NCc1cc(C(F)(F)F)c(N[C@H]2CCc3c(-c4cccc(-c5ccc(CNC6CC(C)(O)C6)c(OC)n5)c4Cl)cccc32)nc1OC)C(=O)O. The molecule has 0 spiro atoms. The number of halogens is 4. The lowest BCUT2D eigenvalue weighted by atomic mass is 9.77. The second kappa shape index (κ2) is 16.1. The van der Waals surface area contributed by atoms with Crippen LogP contribution in [-0.2, 0) is 35.2 Å². The van der Waals surface area contributed by atoms with Crippen LogP contribution in [0.2, 0.25) is 5.02 Å². The zero-order valence-electron chi connectivity index (χ0n) is 30.3. The van der Waals surface area contributed by atoms with E-state index in [2.05, 4.69) is 20.9 Å². The van der Waals surface area contributed by atoms with Gasteiger partial charge in [-0.25, -0.2) is 4.98 Å². The van der Waals surface area contributed by atoms with Gasteiger partial charge in [-0.05, 0) is 61.4 Å². The zero-order chi connectivity index (χ0) is 38.8. The van der Waals surface area contributed by atoms with Crippen LogP contribution in [0.15, 0.2) is 54.6 Å². The predicted molar refractivity (Wildman–Crippen MR) is 198 cm³/mol. The molecule has 0 aliphatic heterocycles. The highest BCUT2D eigenvalue weighted by atomic mass is 35.5. The van der Waals surface area contributed by atoms with Gasteiger partial charge in [0.15, 0.2) is 0 Å². The Bertz CT molecular complexity index is 2000. The molecule has 288 valence electrons. The Hall–Kier alpha value is -4.47. The molecule has 5 N–H and O–H groups in total. The van der Waals surface area contributed by atoms with Crippen LogP contribution in [0.25, 0.3) is 22.4 Å². The fourth-order valence-electron chi connectivity index (χ4n) is 7.28. The number of carboxylic acids is 1. The minimum atomic E-state index is -4.77. The lowest BCUT2D eigenvalue weighted by Gasteiger charge is -2.41. The molecular weight excluding hydrogens is 727 g/mol. The quantitative estimate of drug-likeness (QED) is 0.0871. The van der Waals surface area contributed by atoms with E-state index in [1.807, 2.05) is 55.5 Å². The van der Waals surface area contributed by atoms with Crippen molar-refractivity contribution < 1.29 is 42.4 Å². The van der Waals surface area contributed by atoms with Gasteiger partial charge in [0.1, 0.15) is 11.9 Å². The van der Waals surface area contributed by atoms with E-state index in [4.69, 9.17) is 30.8 Å². The van der Waals surface area contributed by atoms with Crippen molar-refractivity contribution in [1.82, 2.24) is 20.6 Å². The Labute approximate surface area is 316 Å². The number of carboxylic acid groups (broad SMARTS) is 1. The molecule has 1 fully saturated rings. The maximum atomic E-state index is 14.5. The van der Waals surface area contributed by atoms with E-state index in [1.165, 1.54) is 14.2 Å². The number of hydrogen-bond acceptors (Lipinski definition) is 10. The van der Waals surface area contributed by atoms with Gasteiger partial charge < -0.3 is 35.1 Å². The molecule has 2 aromatic heterocycles. The molecule has 0 unspecified atom stereocenters. The van der Waals surface area contributed by atoms with Crippen molar-refractivity contribution >= 4 is 23.4 Å². The summed E-state index contributed by atoms with van der Waals surface area (Å²) in [5.41, 5.74) is 4.01. The zero-order valence-corrected chi connectivity index (χ0v) is 31.1. The largest absolute Gasteiger partial charge is 0.481 e. The summed E-state index contributed by atoms with van der Waals surface area (Å²) >= 11 is 7.11. The van der Waals surface area contributed by atoms with Crippen molar-refractivity contribution in [3.05, 3.63) is 87.4 Å². The number of aromatic nitrogens is 2. The lowest BCUT2D eigenvalue weighted by molar-refractivity contribution is -0.141. The molecular formula is C39H43ClF3N5O6. The molecule has 2 aliphatic rings. The number of benzene rings is 2. The number of rotatable bonds is 15. The molecule has 11 nitrogen and oxygen atoms in total. The molecule has 54 heavy (non-hydrogen) atoms. The van der Waals surface area contributed by atoms with E-state index in [0.717, 1.165) is 33.9 Å². The summed E-state index contributed by atoms with van der Waals surface area (Å²) in [5, 5.41) is 29.1. The van der Waals surface area contributed by atoms with Crippen LogP contribution < -0.4 is 25.4 Å². The lowest BCUT2D eigenvalue weighted by Crippen LogP contribution is -2.51. The fourth-order valence-corrected chi connectivity index (χ4v) is 7.60. The Kier molecular flexibility index (Phi) is 11.7. The number of anilines is 1. The van der Waals surface area contributed by atoms with E-state index in [0.29, 0.717) is 54.4 Å². The number of methoxy groups -OCH3 is 3. The number of aliphatic carboxylic acids is 1. The topological polar surface area (TPSA) is 147 Å². The highest BCUT2D eigenvalue weighted by molar-refractivity contribution is 6.36. The Morgan fingerprint density at radius 2 is 1.67 bits per heavy atom. The molecule has 0 saturated heterocycles. The summed E-state index contributed by atoms with van der Waals surface area (Å²) in [6.45, 7) is 1.94. The van der Waals surface area contributed by atoms with Gasteiger partial charge >= 0.3 is 12.1 Å². The number of pyridine rings is 2. The number of alkyl halides is 3. The molecule has 2 aliphatic carbocycles. The molecule has 0 bridgehead atoms. The van der Waals surface area contributed by atoms with Crippen LogP contribution in [-0.4, -0.2) is 71.8 Å². The molecule has 0 radical (unpaired) electrons. The van der Waals surface area contributed by atoms with Crippen molar-refractivity contribution in [2.45, 2.75) is 75.6 Å². The van der Waals surface area contributed by atoms with Gasteiger partial charge in [-0.3, -0.25) is 10.1 Å². The molecule has 2 atom stereocenters. The molecule has 1 saturated carbocycles. The molecule has 6 rings (SSSR count). The van der Waals surface area contributed by atoms with Gasteiger partial charge in [0.25, 0.3) is 0 Å². The first-order chi connectivity index (χ1) is 25.7. The van der Waals surface area contributed by atoms with Crippen LogP contribution in [0.1, 0.15) is 60.0 Å². The average Bonchev–Trinajstić information content (AvgIpc) is 3.54. The number of nitrogens with one attached hydrogen (secondary N) is 3. The van der Waals surface area contributed by atoms with Gasteiger partial charge in [0.2, 0.25) is 11.8 Å². The van der Waals surface area contributed by atoms with Crippen molar-refractivity contribution in [2.75, 3.05) is 33.3 Å². The molecule has 15 heteroatoms. The van der Waals surface area contributed by atoms with Gasteiger partial charge in [0, 0.05) is 48.5 Å². The average molecular weight is 770 g/mol. The van der Waals surface area contributed by atoms with Crippen LogP contribution in [0.5, 0.6) is 11.8 Å². The Balaban J connectivity index is 1.26. The summed E-state index contributed by atoms with van der Waals surface area (Å²) in [6, 6.07) is 14.7. The third-order valence-electron chi connectivity index (χ3n) is 9.96. The number of nitrogens with zero attached hydrogens (tertiary/aromatic N) is 2. The van der Waals surface area contributed by atoms with Crippen LogP contribution >= 0.6 is 11.6 Å². The molecule has 4 aromatic rings. The van der Waals surface area contributed by atoms with Crippen molar-refractivity contribution in [3.63, 3.8) is 0 Å².